The minimum Gasteiger partial charge on any atom is -0.328 e. The van der Waals surface area contributed by atoms with Crippen LogP contribution in [-0.2, 0) is 11.2 Å². The predicted octanol–water partition coefficient (Wildman–Crippen LogP) is 2.47. The van der Waals surface area contributed by atoms with E-state index in [0.717, 1.165) is 42.4 Å². The summed E-state index contributed by atoms with van der Waals surface area (Å²) in [4.78, 5) is 14.4. The first-order valence-electron chi connectivity index (χ1n) is 6.50. The molecule has 96 valence electrons. The van der Waals surface area contributed by atoms with Gasteiger partial charge in [0, 0.05) is 28.7 Å². The molecule has 2 unspecified atom stereocenters. The van der Waals surface area contributed by atoms with Gasteiger partial charge in [0.05, 0.1) is 0 Å². The van der Waals surface area contributed by atoms with Crippen molar-refractivity contribution in [1.82, 2.24) is 0 Å². The monoisotopic (exact) mass is 308 g/mol. The van der Waals surface area contributed by atoms with Crippen molar-refractivity contribution in [3.63, 3.8) is 0 Å². The Hall–Kier alpha value is -0.870. The summed E-state index contributed by atoms with van der Waals surface area (Å²) in [6.45, 7) is 0.816. The minimum absolute atomic E-state index is 0.134. The third-order valence-corrected chi connectivity index (χ3v) is 4.52. The normalized spacial score (nSPS) is 26.4. The highest BCUT2D eigenvalue weighted by Gasteiger charge is 2.34. The Labute approximate surface area is 115 Å². The van der Waals surface area contributed by atoms with Crippen molar-refractivity contribution in [2.75, 3.05) is 11.4 Å². The molecule has 2 atom stereocenters. The van der Waals surface area contributed by atoms with Crippen LogP contribution >= 0.6 is 15.9 Å². The van der Waals surface area contributed by atoms with Crippen molar-refractivity contribution in [2.45, 2.75) is 31.7 Å². The van der Waals surface area contributed by atoms with Gasteiger partial charge in [-0.05, 0) is 49.4 Å². The van der Waals surface area contributed by atoms with E-state index >= 15 is 0 Å². The van der Waals surface area contributed by atoms with E-state index in [1.165, 1.54) is 5.56 Å². The summed E-state index contributed by atoms with van der Waals surface area (Å²) in [7, 11) is 0. The van der Waals surface area contributed by atoms with E-state index in [1.807, 2.05) is 17.0 Å². The molecule has 1 aromatic carbocycles. The standard InChI is InChI=1S/C14H17BrN2O/c15-11-2-4-13-9(7-11)5-6-17(13)14(18)10-1-3-12(16)8-10/h2,4,7,10,12H,1,3,5-6,8,16H2. The van der Waals surface area contributed by atoms with E-state index < -0.39 is 0 Å². The molecule has 0 radical (unpaired) electrons. The van der Waals surface area contributed by atoms with Crippen LogP contribution in [0.25, 0.3) is 0 Å². The number of anilines is 1. The number of halogens is 1. The molecule has 2 aliphatic rings. The molecule has 1 aliphatic carbocycles. The molecule has 0 bridgehead atoms. The van der Waals surface area contributed by atoms with Crippen molar-refractivity contribution in [2.24, 2.45) is 11.7 Å². The van der Waals surface area contributed by atoms with Crippen LogP contribution < -0.4 is 10.6 Å². The number of benzene rings is 1. The van der Waals surface area contributed by atoms with Crippen LogP contribution in [0.15, 0.2) is 22.7 Å². The summed E-state index contributed by atoms with van der Waals surface area (Å²) in [5.74, 6) is 0.401. The lowest BCUT2D eigenvalue weighted by atomic mass is 10.1. The summed E-state index contributed by atoms with van der Waals surface area (Å²) in [6.07, 6.45) is 3.74. The van der Waals surface area contributed by atoms with Crippen molar-refractivity contribution in [1.29, 1.82) is 0 Å². The Balaban J connectivity index is 1.81. The van der Waals surface area contributed by atoms with Gasteiger partial charge in [-0.2, -0.15) is 0 Å². The lowest BCUT2D eigenvalue weighted by Crippen LogP contribution is -2.34. The highest BCUT2D eigenvalue weighted by atomic mass is 79.9. The average Bonchev–Trinajstić information content (AvgIpc) is 2.94. The molecule has 1 heterocycles. The third-order valence-electron chi connectivity index (χ3n) is 4.03. The summed E-state index contributed by atoms with van der Waals surface area (Å²) >= 11 is 3.48. The maximum atomic E-state index is 12.5. The van der Waals surface area contributed by atoms with E-state index in [0.29, 0.717) is 0 Å². The van der Waals surface area contributed by atoms with Gasteiger partial charge in [0.2, 0.25) is 5.91 Å². The average molecular weight is 309 g/mol. The topological polar surface area (TPSA) is 46.3 Å². The molecule has 18 heavy (non-hydrogen) atoms. The van der Waals surface area contributed by atoms with Gasteiger partial charge in [-0.3, -0.25) is 4.79 Å². The Bertz CT molecular complexity index is 489. The van der Waals surface area contributed by atoms with E-state index in [9.17, 15) is 4.79 Å². The zero-order chi connectivity index (χ0) is 12.7. The maximum Gasteiger partial charge on any atom is 0.230 e. The molecule has 1 saturated carbocycles. The quantitative estimate of drug-likeness (QED) is 0.866. The number of hydrogen-bond donors (Lipinski definition) is 1. The molecule has 3 rings (SSSR count). The first-order chi connectivity index (χ1) is 8.65. The number of carbonyl (C=O) groups excluding carboxylic acids is 1. The van der Waals surface area contributed by atoms with Crippen molar-refractivity contribution in [3.05, 3.63) is 28.2 Å². The van der Waals surface area contributed by atoms with Crippen LogP contribution in [0.5, 0.6) is 0 Å². The van der Waals surface area contributed by atoms with Crippen molar-refractivity contribution in [3.8, 4) is 0 Å². The summed E-state index contributed by atoms with van der Waals surface area (Å²) in [5, 5.41) is 0. The molecule has 1 amide bonds. The smallest absolute Gasteiger partial charge is 0.230 e. The van der Waals surface area contributed by atoms with E-state index in [2.05, 4.69) is 22.0 Å². The van der Waals surface area contributed by atoms with Gasteiger partial charge in [0.1, 0.15) is 0 Å². The molecule has 0 aromatic heterocycles. The van der Waals surface area contributed by atoms with Crippen LogP contribution in [0, 0.1) is 5.92 Å². The van der Waals surface area contributed by atoms with Crippen LogP contribution in [-0.4, -0.2) is 18.5 Å². The first-order valence-corrected chi connectivity index (χ1v) is 7.30. The number of amides is 1. The summed E-state index contributed by atoms with van der Waals surface area (Å²) in [5.41, 5.74) is 8.25. The zero-order valence-electron chi connectivity index (χ0n) is 10.2. The van der Waals surface area contributed by atoms with Crippen molar-refractivity contribution >= 4 is 27.5 Å². The second kappa shape index (κ2) is 4.67. The van der Waals surface area contributed by atoms with Crippen molar-refractivity contribution < 1.29 is 4.79 Å². The number of carbonyl (C=O) groups is 1. The van der Waals surface area contributed by atoms with E-state index in [-0.39, 0.29) is 17.9 Å². The number of nitrogens with zero attached hydrogens (tertiary/aromatic N) is 1. The van der Waals surface area contributed by atoms with Crippen LogP contribution in [0.4, 0.5) is 5.69 Å². The molecule has 1 aliphatic heterocycles. The largest absolute Gasteiger partial charge is 0.328 e. The molecule has 0 spiro atoms. The SMILES string of the molecule is NC1CCC(C(=O)N2CCc3cc(Br)ccc32)C1. The fourth-order valence-electron chi connectivity index (χ4n) is 3.06. The number of hydrogen-bond acceptors (Lipinski definition) is 2. The molecular formula is C14H17BrN2O. The van der Waals surface area contributed by atoms with Crippen LogP contribution in [0.3, 0.4) is 0 Å². The number of nitrogens with two attached hydrogens (primary N) is 1. The van der Waals surface area contributed by atoms with Gasteiger partial charge in [-0.15, -0.1) is 0 Å². The fraction of sp³-hybridized carbons (Fsp3) is 0.500. The zero-order valence-corrected chi connectivity index (χ0v) is 11.8. The van der Waals surface area contributed by atoms with Gasteiger partial charge in [0.25, 0.3) is 0 Å². The van der Waals surface area contributed by atoms with Gasteiger partial charge in [0.15, 0.2) is 0 Å². The first kappa shape index (κ1) is 12.2. The summed E-state index contributed by atoms with van der Waals surface area (Å²) in [6, 6.07) is 6.37. The minimum atomic E-state index is 0.134. The molecule has 0 saturated heterocycles. The highest BCUT2D eigenvalue weighted by Crippen LogP contribution is 2.34. The Morgan fingerprint density at radius 2 is 2.22 bits per heavy atom. The Morgan fingerprint density at radius 1 is 1.39 bits per heavy atom. The number of fused-ring (bicyclic) bond motifs is 1. The molecule has 3 nitrogen and oxygen atoms in total. The third kappa shape index (κ3) is 2.08. The Morgan fingerprint density at radius 3 is 2.94 bits per heavy atom. The Kier molecular flexibility index (Phi) is 3.16. The van der Waals surface area contributed by atoms with Crippen LogP contribution in [0.2, 0.25) is 0 Å². The van der Waals surface area contributed by atoms with Gasteiger partial charge >= 0.3 is 0 Å². The number of rotatable bonds is 1. The predicted molar refractivity (Wildman–Crippen MR) is 75.5 cm³/mol. The maximum absolute atomic E-state index is 12.5. The van der Waals surface area contributed by atoms with Crippen LogP contribution in [0.1, 0.15) is 24.8 Å². The molecule has 4 heteroatoms. The molecule has 1 aromatic rings. The lowest BCUT2D eigenvalue weighted by Gasteiger charge is -2.21. The second-order valence-corrected chi connectivity index (χ2v) is 6.20. The second-order valence-electron chi connectivity index (χ2n) is 5.28. The molecule has 1 fully saturated rings. The van der Waals surface area contributed by atoms with E-state index in [4.69, 9.17) is 5.73 Å². The molecule has 2 N–H and O–H groups in total. The van der Waals surface area contributed by atoms with E-state index in [1.54, 1.807) is 0 Å². The highest BCUT2D eigenvalue weighted by molar-refractivity contribution is 9.10. The molecular weight excluding hydrogens is 292 g/mol. The van der Waals surface area contributed by atoms with Gasteiger partial charge in [-0.1, -0.05) is 15.9 Å². The van der Waals surface area contributed by atoms with Gasteiger partial charge < -0.3 is 10.6 Å². The van der Waals surface area contributed by atoms with Gasteiger partial charge in [-0.25, -0.2) is 0 Å². The summed E-state index contributed by atoms with van der Waals surface area (Å²) < 4.78 is 1.08. The fourth-order valence-corrected chi connectivity index (χ4v) is 3.47. The lowest BCUT2D eigenvalue weighted by molar-refractivity contribution is -0.122.